The van der Waals surface area contributed by atoms with Gasteiger partial charge in [0.1, 0.15) is 5.82 Å². The predicted octanol–water partition coefficient (Wildman–Crippen LogP) is 4.03. The van der Waals surface area contributed by atoms with Crippen molar-refractivity contribution in [1.82, 2.24) is 0 Å². The Kier molecular flexibility index (Phi) is 3.62. The molecule has 3 nitrogen and oxygen atoms in total. The van der Waals surface area contributed by atoms with E-state index in [1.54, 1.807) is 18.2 Å². The first-order valence-corrected chi connectivity index (χ1v) is 5.91. The van der Waals surface area contributed by atoms with Crippen LogP contribution in [0.2, 0.25) is 0 Å². The van der Waals surface area contributed by atoms with Crippen LogP contribution in [0.25, 0.3) is 0 Å². The summed E-state index contributed by atoms with van der Waals surface area (Å²) in [5.41, 5.74) is 1.48. The zero-order valence-corrected chi connectivity index (χ0v) is 10.7. The van der Waals surface area contributed by atoms with Crippen LogP contribution in [0.4, 0.5) is 15.8 Å². The smallest absolute Gasteiger partial charge is 0.335 e. The van der Waals surface area contributed by atoms with Crippen molar-refractivity contribution in [3.63, 3.8) is 0 Å². The number of hydrogen-bond acceptors (Lipinski definition) is 2. The lowest BCUT2D eigenvalue weighted by molar-refractivity contribution is 0.0697. The first kappa shape index (κ1) is 12.6. The molecule has 2 N–H and O–H groups in total. The molecular weight excluding hydrogens is 301 g/mol. The van der Waals surface area contributed by atoms with Gasteiger partial charge in [-0.3, -0.25) is 0 Å². The number of nitrogens with one attached hydrogen (secondary N) is 1. The highest BCUT2D eigenvalue weighted by atomic mass is 79.9. The molecule has 0 amide bonds. The van der Waals surface area contributed by atoms with Crippen LogP contribution in [0.15, 0.2) is 46.9 Å². The highest BCUT2D eigenvalue weighted by molar-refractivity contribution is 9.10. The van der Waals surface area contributed by atoms with Gasteiger partial charge in [-0.2, -0.15) is 0 Å². The minimum Gasteiger partial charge on any atom is -0.478 e. The van der Waals surface area contributed by atoms with E-state index in [2.05, 4.69) is 21.2 Å². The predicted molar refractivity (Wildman–Crippen MR) is 70.8 cm³/mol. The van der Waals surface area contributed by atoms with E-state index >= 15 is 0 Å². The van der Waals surface area contributed by atoms with Gasteiger partial charge >= 0.3 is 5.97 Å². The number of aromatic carboxylic acids is 1. The highest BCUT2D eigenvalue weighted by Crippen LogP contribution is 2.26. The summed E-state index contributed by atoms with van der Waals surface area (Å²) in [6, 6.07) is 10.5. The number of carboxylic acid groups (broad SMARTS) is 1. The fourth-order valence-corrected chi connectivity index (χ4v) is 1.79. The van der Waals surface area contributed by atoms with Crippen molar-refractivity contribution < 1.29 is 14.3 Å². The van der Waals surface area contributed by atoms with Gasteiger partial charge in [-0.15, -0.1) is 0 Å². The zero-order valence-electron chi connectivity index (χ0n) is 9.15. The Balaban J connectivity index is 2.23. The summed E-state index contributed by atoms with van der Waals surface area (Å²) >= 11 is 3.30. The van der Waals surface area contributed by atoms with E-state index in [0.29, 0.717) is 11.4 Å². The Labute approximate surface area is 111 Å². The molecule has 2 aromatic carbocycles. The molecule has 5 heteroatoms. The molecule has 0 aromatic heterocycles. The Hall–Kier alpha value is -1.88. The average molecular weight is 310 g/mol. The molecule has 0 saturated heterocycles. The molecule has 2 aromatic rings. The van der Waals surface area contributed by atoms with Gasteiger partial charge in [0.05, 0.1) is 11.3 Å². The number of carboxylic acids is 1. The Bertz CT molecular complexity index is 584. The second-order valence-corrected chi connectivity index (χ2v) is 4.49. The van der Waals surface area contributed by atoms with Gasteiger partial charge in [-0.05, 0) is 58.4 Å². The van der Waals surface area contributed by atoms with E-state index in [0.717, 1.165) is 4.47 Å². The molecular formula is C13H9BrFNO2. The van der Waals surface area contributed by atoms with E-state index < -0.39 is 5.97 Å². The molecule has 0 aliphatic heterocycles. The van der Waals surface area contributed by atoms with E-state index in [-0.39, 0.29) is 11.4 Å². The molecule has 92 valence electrons. The van der Waals surface area contributed by atoms with E-state index in [9.17, 15) is 9.18 Å². The fraction of sp³-hybridized carbons (Fsp3) is 0. The highest BCUT2D eigenvalue weighted by Gasteiger charge is 2.04. The second-order valence-electron chi connectivity index (χ2n) is 3.63. The third-order valence-corrected chi connectivity index (χ3v) is 3.03. The molecule has 0 atom stereocenters. The van der Waals surface area contributed by atoms with E-state index in [1.165, 1.54) is 24.3 Å². The normalized spacial score (nSPS) is 10.1. The number of carbonyl (C=O) groups is 1. The minimum atomic E-state index is -0.978. The first-order valence-electron chi connectivity index (χ1n) is 5.12. The summed E-state index contributed by atoms with van der Waals surface area (Å²) in [7, 11) is 0. The number of benzene rings is 2. The lowest BCUT2D eigenvalue weighted by Gasteiger charge is -2.08. The summed E-state index contributed by atoms with van der Waals surface area (Å²) in [5.74, 6) is -1.32. The van der Waals surface area contributed by atoms with Crippen LogP contribution in [-0.4, -0.2) is 11.1 Å². The van der Waals surface area contributed by atoms with Crippen molar-refractivity contribution in [3.8, 4) is 0 Å². The summed E-state index contributed by atoms with van der Waals surface area (Å²) < 4.78 is 13.8. The lowest BCUT2D eigenvalue weighted by Crippen LogP contribution is -1.97. The van der Waals surface area contributed by atoms with Crippen LogP contribution in [-0.2, 0) is 0 Å². The molecule has 0 unspecified atom stereocenters. The zero-order chi connectivity index (χ0) is 13.1. The maximum Gasteiger partial charge on any atom is 0.335 e. The topological polar surface area (TPSA) is 49.3 Å². The minimum absolute atomic E-state index is 0.207. The molecule has 2 rings (SSSR count). The Morgan fingerprint density at radius 2 is 1.83 bits per heavy atom. The third-order valence-electron chi connectivity index (χ3n) is 2.34. The second kappa shape index (κ2) is 5.18. The lowest BCUT2D eigenvalue weighted by atomic mass is 10.2. The summed E-state index contributed by atoms with van der Waals surface area (Å²) in [5, 5.41) is 11.8. The average Bonchev–Trinajstić information content (AvgIpc) is 2.34. The molecule has 0 aliphatic carbocycles. The maximum atomic E-state index is 13.1. The quantitative estimate of drug-likeness (QED) is 0.900. The number of rotatable bonds is 3. The number of hydrogen-bond donors (Lipinski definition) is 2. The van der Waals surface area contributed by atoms with Crippen LogP contribution in [0.1, 0.15) is 10.4 Å². The Morgan fingerprint density at radius 3 is 2.44 bits per heavy atom. The fourth-order valence-electron chi connectivity index (χ4n) is 1.44. The van der Waals surface area contributed by atoms with Gasteiger partial charge in [0.2, 0.25) is 0 Å². The van der Waals surface area contributed by atoms with Gasteiger partial charge in [0, 0.05) is 10.2 Å². The molecule has 0 spiro atoms. The summed E-state index contributed by atoms with van der Waals surface area (Å²) in [4.78, 5) is 10.7. The SMILES string of the molecule is O=C(O)c1ccc(Nc2cc(F)ccc2Br)cc1. The van der Waals surface area contributed by atoms with Crippen molar-refractivity contribution in [2.24, 2.45) is 0 Å². The standard InChI is InChI=1S/C13H9BrFNO2/c14-11-6-3-9(15)7-12(11)16-10-4-1-8(2-5-10)13(17)18/h1-7,16H,(H,17,18). The largest absolute Gasteiger partial charge is 0.478 e. The van der Waals surface area contributed by atoms with Crippen LogP contribution in [0.5, 0.6) is 0 Å². The van der Waals surface area contributed by atoms with Crippen LogP contribution >= 0.6 is 15.9 Å². The van der Waals surface area contributed by atoms with Gasteiger partial charge < -0.3 is 10.4 Å². The van der Waals surface area contributed by atoms with Gasteiger partial charge in [0.25, 0.3) is 0 Å². The monoisotopic (exact) mass is 309 g/mol. The summed E-state index contributed by atoms with van der Waals surface area (Å²) in [6.45, 7) is 0. The molecule has 0 bridgehead atoms. The maximum absolute atomic E-state index is 13.1. The van der Waals surface area contributed by atoms with Crippen LogP contribution < -0.4 is 5.32 Å². The van der Waals surface area contributed by atoms with Crippen molar-refractivity contribution in [1.29, 1.82) is 0 Å². The number of anilines is 2. The molecule has 0 aliphatic rings. The van der Waals surface area contributed by atoms with Gasteiger partial charge in [-0.1, -0.05) is 0 Å². The Morgan fingerprint density at radius 1 is 1.17 bits per heavy atom. The van der Waals surface area contributed by atoms with Gasteiger partial charge in [0.15, 0.2) is 0 Å². The van der Waals surface area contributed by atoms with Crippen molar-refractivity contribution in [2.45, 2.75) is 0 Å². The molecule has 0 heterocycles. The van der Waals surface area contributed by atoms with Crippen molar-refractivity contribution >= 4 is 33.3 Å². The van der Waals surface area contributed by atoms with Crippen molar-refractivity contribution in [2.75, 3.05) is 5.32 Å². The van der Waals surface area contributed by atoms with Gasteiger partial charge in [-0.25, -0.2) is 9.18 Å². The molecule has 0 fully saturated rings. The van der Waals surface area contributed by atoms with E-state index in [4.69, 9.17) is 5.11 Å². The molecule has 0 radical (unpaired) electrons. The third kappa shape index (κ3) is 2.87. The number of halogens is 2. The van der Waals surface area contributed by atoms with Crippen LogP contribution in [0.3, 0.4) is 0 Å². The first-order chi connectivity index (χ1) is 8.56. The summed E-state index contributed by atoms with van der Waals surface area (Å²) in [6.07, 6.45) is 0. The molecule has 0 saturated carbocycles. The van der Waals surface area contributed by atoms with Crippen LogP contribution in [0, 0.1) is 5.82 Å². The van der Waals surface area contributed by atoms with E-state index in [1.807, 2.05) is 0 Å². The van der Waals surface area contributed by atoms with Crippen molar-refractivity contribution in [3.05, 3.63) is 58.3 Å². The molecule has 18 heavy (non-hydrogen) atoms.